The van der Waals surface area contributed by atoms with E-state index in [0.29, 0.717) is 31.1 Å². The Morgan fingerprint density at radius 3 is 2.07 bits per heavy atom. The number of carbonyl (C=O) groups is 2. The molecule has 0 bridgehead atoms. The predicted molar refractivity (Wildman–Crippen MR) is 108 cm³/mol. The molecular weight excluding hydrogens is 390 g/mol. The van der Waals surface area contributed by atoms with Gasteiger partial charge in [-0.3, -0.25) is 19.4 Å². The van der Waals surface area contributed by atoms with Gasteiger partial charge in [0, 0.05) is 26.2 Å². The molecule has 2 unspecified atom stereocenters. The standard InChI is InChI=1S/C21H29N3O4S/c1-15-7-8-19(16(2)13-15)29(27,28)23-11-9-22(10-12-23)14-24-20(25)17-5-3-4-6-18(17)21(24)26/h7-8,13,17-18H,3-6,9-12,14H2,1-2H3. The number of hydrogen-bond acceptors (Lipinski definition) is 5. The highest BCUT2D eigenvalue weighted by atomic mass is 32.2. The van der Waals surface area contributed by atoms with Gasteiger partial charge in [0.2, 0.25) is 21.8 Å². The van der Waals surface area contributed by atoms with Crippen molar-refractivity contribution in [2.75, 3.05) is 32.8 Å². The Morgan fingerprint density at radius 2 is 1.52 bits per heavy atom. The molecule has 2 saturated heterocycles. The first kappa shape index (κ1) is 20.5. The summed E-state index contributed by atoms with van der Waals surface area (Å²) < 4.78 is 27.6. The third-order valence-corrected chi connectivity index (χ3v) is 8.61. The van der Waals surface area contributed by atoms with E-state index in [0.717, 1.165) is 36.8 Å². The predicted octanol–water partition coefficient (Wildman–Crippen LogP) is 1.74. The summed E-state index contributed by atoms with van der Waals surface area (Å²) in [6.45, 7) is 5.78. The van der Waals surface area contributed by atoms with Crippen molar-refractivity contribution in [3.8, 4) is 0 Å². The molecule has 1 saturated carbocycles. The van der Waals surface area contributed by atoms with Gasteiger partial charge in [-0.1, -0.05) is 30.5 Å². The second kappa shape index (κ2) is 7.81. The quantitative estimate of drug-likeness (QED) is 0.695. The number of aryl methyl sites for hydroxylation is 2. The van der Waals surface area contributed by atoms with Crippen LogP contribution in [0.5, 0.6) is 0 Å². The number of sulfonamides is 1. The topological polar surface area (TPSA) is 78.0 Å². The third kappa shape index (κ3) is 3.73. The van der Waals surface area contributed by atoms with E-state index in [1.807, 2.05) is 30.9 Å². The van der Waals surface area contributed by atoms with Crippen LogP contribution in [-0.2, 0) is 19.6 Å². The molecule has 1 aromatic rings. The van der Waals surface area contributed by atoms with Crippen LogP contribution < -0.4 is 0 Å². The molecule has 0 aromatic heterocycles. The lowest BCUT2D eigenvalue weighted by molar-refractivity contribution is -0.142. The van der Waals surface area contributed by atoms with Gasteiger partial charge in [-0.2, -0.15) is 4.31 Å². The highest BCUT2D eigenvalue weighted by Crippen LogP contribution is 2.38. The van der Waals surface area contributed by atoms with Gasteiger partial charge in [0.25, 0.3) is 0 Å². The van der Waals surface area contributed by atoms with Crippen molar-refractivity contribution in [2.45, 2.75) is 44.4 Å². The monoisotopic (exact) mass is 419 g/mol. The van der Waals surface area contributed by atoms with Gasteiger partial charge < -0.3 is 0 Å². The lowest BCUT2D eigenvalue weighted by atomic mass is 9.81. The van der Waals surface area contributed by atoms with E-state index in [4.69, 9.17) is 0 Å². The summed E-state index contributed by atoms with van der Waals surface area (Å²) in [5.41, 5.74) is 1.79. The first-order valence-corrected chi connectivity index (χ1v) is 11.9. The highest BCUT2D eigenvalue weighted by molar-refractivity contribution is 7.89. The maximum Gasteiger partial charge on any atom is 0.243 e. The number of nitrogens with zero attached hydrogens (tertiary/aromatic N) is 3. The van der Waals surface area contributed by atoms with Crippen LogP contribution in [0.4, 0.5) is 0 Å². The average molecular weight is 420 g/mol. The zero-order valence-corrected chi connectivity index (χ0v) is 18.0. The van der Waals surface area contributed by atoms with Crippen LogP contribution in [0.1, 0.15) is 36.8 Å². The number of carbonyl (C=O) groups excluding carboxylic acids is 2. The highest BCUT2D eigenvalue weighted by Gasteiger charge is 2.48. The van der Waals surface area contributed by atoms with Crippen LogP contribution in [0.2, 0.25) is 0 Å². The molecule has 0 spiro atoms. The van der Waals surface area contributed by atoms with Crippen LogP contribution >= 0.6 is 0 Å². The largest absolute Gasteiger partial charge is 0.283 e. The summed E-state index contributed by atoms with van der Waals surface area (Å²) in [7, 11) is -3.54. The van der Waals surface area contributed by atoms with E-state index in [1.165, 1.54) is 9.21 Å². The maximum absolute atomic E-state index is 13.0. The summed E-state index contributed by atoms with van der Waals surface area (Å²) in [5, 5.41) is 0. The van der Waals surface area contributed by atoms with Gasteiger partial charge in [-0.15, -0.1) is 0 Å². The van der Waals surface area contributed by atoms with Gasteiger partial charge in [0.05, 0.1) is 23.4 Å². The van der Waals surface area contributed by atoms with Crippen LogP contribution in [0.25, 0.3) is 0 Å². The molecule has 29 heavy (non-hydrogen) atoms. The number of amides is 2. The molecule has 2 amide bonds. The second-order valence-corrected chi connectivity index (χ2v) is 10.4. The summed E-state index contributed by atoms with van der Waals surface area (Å²) in [6.07, 6.45) is 3.66. The van der Waals surface area contributed by atoms with E-state index in [1.54, 1.807) is 6.07 Å². The number of fused-ring (bicyclic) bond motifs is 1. The minimum Gasteiger partial charge on any atom is -0.283 e. The fourth-order valence-electron chi connectivity index (χ4n) is 4.91. The summed E-state index contributed by atoms with van der Waals surface area (Å²) in [5.74, 6) is -0.347. The second-order valence-electron chi connectivity index (χ2n) is 8.53. The fourth-order valence-corrected chi connectivity index (χ4v) is 6.54. The first-order valence-electron chi connectivity index (χ1n) is 10.4. The molecule has 1 aromatic carbocycles. The minimum atomic E-state index is -3.54. The number of rotatable bonds is 4. The fraction of sp³-hybridized carbons (Fsp3) is 0.619. The zero-order valence-electron chi connectivity index (χ0n) is 17.1. The van der Waals surface area contributed by atoms with Crippen LogP contribution in [0.15, 0.2) is 23.1 Å². The molecule has 0 radical (unpaired) electrons. The first-order chi connectivity index (χ1) is 13.8. The molecule has 3 aliphatic rings. The van der Waals surface area contributed by atoms with Crippen LogP contribution in [0, 0.1) is 25.7 Å². The zero-order chi connectivity index (χ0) is 20.8. The number of piperazine rings is 1. The van der Waals surface area contributed by atoms with Crippen molar-refractivity contribution in [1.82, 2.24) is 14.1 Å². The van der Waals surface area contributed by atoms with Gasteiger partial charge in [0.1, 0.15) is 0 Å². The van der Waals surface area contributed by atoms with Crippen molar-refractivity contribution in [1.29, 1.82) is 0 Å². The van der Waals surface area contributed by atoms with Gasteiger partial charge in [-0.25, -0.2) is 8.42 Å². The van der Waals surface area contributed by atoms with E-state index in [-0.39, 0.29) is 30.3 Å². The van der Waals surface area contributed by atoms with Crippen molar-refractivity contribution in [2.24, 2.45) is 11.8 Å². The average Bonchev–Trinajstić information content (AvgIpc) is 2.93. The molecule has 158 valence electrons. The van der Waals surface area contributed by atoms with Crippen molar-refractivity contribution in [3.05, 3.63) is 29.3 Å². The van der Waals surface area contributed by atoms with Crippen molar-refractivity contribution in [3.63, 3.8) is 0 Å². The SMILES string of the molecule is Cc1ccc(S(=O)(=O)N2CCN(CN3C(=O)C4CCCCC4C3=O)CC2)c(C)c1. The number of hydrogen-bond donors (Lipinski definition) is 0. The Labute approximate surface area is 172 Å². The van der Waals surface area contributed by atoms with Gasteiger partial charge >= 0.3 is 0 Å². The number of benzene rings is 1. The molecule has 2 heterocycles. The van der Waals surface area contributed by atoms with Gasteiger partial charge in [0.15, 0.2) is 0 Å². The Morgan fingerprint density at radius 1 is 0.931 bits per heavy atom. The molecule has 2 atom stereocenters. The molecule has 2 aliphatic heterocycles. The Hall–Kier alpha value is -1.77. The third-order valence-electron chi connectivity index (χ3n) is 6.55. The van der Waals surface area contributed by atoms with Crippen molar-refractivity contribution >= 4 is 21.8 Å². The molecule has 0 N–H and O–H groups in total. The summed E-state index contributed by atoms with van der Waals surface area (Å²) >= 11 is 0. The van der Waals surface area contributed by atoms with Crippen LogP contribution in [-0.4, -0.2) is 67.2 Å². The molecule has 3 fully saturated rings. The maximum atomic E-state index is 13.0. The van der Waals surface area contributed by atoms with Crippen LogP contribution in [0.3, 0.4) is 0 Å². The number of imide groups is 1. The van der Waals surface area contributed by atoms with E-state index < -0.39 is 10.0 Å². The molecule has 1 aliphatic carbocycles. The van der Waals surface area contributed by atoms with Crippen molar-refractivity contribution < 1.29 is 18.0 Å². The van der Waals surface area contributed by atoms with E-state index in [9.17, 15) is 18.0 Å². The Bertz CT molecular complexity index is 898. The minimum absolute atomic E-state index is 0.0370. The Balaban J connectivity index is 1.39. The lowest BCUT2D eigenvalue weighted by Crippen LogP contribution is -2.52. The Kier molecular flexibility index (Phi) is 5.52. The smallest absolute Gasteiger partial charge is 0.243 e. The molecule has 4 rings (SSSR count). The molecule has 8 heteroatoms. The normalized spacial score (nSPS) is 26.8. The lowest BCUT2D eigenvalue weighted by Gasteiger charge is -2.35. The molecular formula is C21H29N3O4S. The summed E-state index contributed by atoms with van der Waals surface area (Å²) in [4.78, 5) is 29.1. The van der Waals surface area contributed by atoms with Gasteiger partial charge in [-0.05, 0) is 38.3 Å². The summed E-state index contributed by atoms with van der Waals surface area (Å²) in [6, 6.07) is 5.38. The molecule has 7 nitrogen and oxygen atoms in total. The number of likely N-dealkylation sites (tertiary alicyclic amines) is 1. The van der Waals surface area contributed by atoms with E-state index >= 15 is 0 Å². The van der Waals surface area contributed by atoms with E-state index in [2.05, 4.69) is 0 Å².